The van der Waals surface area contributed by atoms with Gasteiger partial charge in [0.2, 0.25) is 29.9 Å². The van der Waals surface area contributed by atoms with Gasteiger partial charge in [-0.05, 0) is 209 Å². The molecular formula is C96H137ClFN4NaO33S5. The van der Waals surface area contributed by atoms with E-state index in [1.165, 1.54) is 51.4 Å². The van der Waals surface area contributed by atoms with Crippen LogP contribution in [0.3, 0.4) is 0 Å². The Kier molecular flexibility index (Phi) is 44.1. The summed E-state index contributed by atoms with van der Waals surface area (Å²) in [5.74, 6) is -0.795. The minimum Gasteiger partial charge on any atom is -0.662 e. The number of hydrogen-bond donors (Lipinski definition) is 3. The molecule has 0 spiro atoms. The van der Waals surface area contributed by atoms with Crippen LogP contribution in [0.5, 0.6) is 0 Å². The number of carbonyl (C=O) groups is 11. The van der Waals surface area contributed by atoms with E-state index in [4.69, 9.17) is 88.3 Å². The first kappa shape index (κ1) is 119. The van der Waals surface area contributed by atoms with Crippen molar-refractivity contribution >= 4 is 135 Å². The van der Waals surface area contributed by atoms with E-state index in [0.29, 0.717) is 105 Å². The fourth-order valence-corrected chi connectivity index (χ4v) is 29.8. The zero-order chi connectivity index (χ0) is 103. The molecule has 16 fully saturated rings. The van der Waals surface area contributed by atoms with Crippen molar-refractivity contribution in [2.75, 3.05) is 114 Å². The Morgan fingerprint density at radius 2 is 0.723 bits per heavy atom. The number of cyclic esters (lactones) is 4. The van der Waals surface area contributed by atoms with Crippen molar-refractivity contribution in [1.29, 1.82) is 0 Å². The molecule has 8 saturated heterocycles. The van der Waals surface area contributed by atoms with E-state index in [2.05, 4.69) is 107 Å². The van der Waals surface area contributed by atoms with E-state index in [1.807, 2.05) is 24.3 Å². The van der Waals surface area contributed by atoms with Gasteiger partial charge < -0.3 is 64.0 Å². The number of hydrogen-bond acceptors (Lipinski definition) is 34. The quantitative estimate of drug-likeness (QED) is 0.0114. The Morgan fingerprint density at radius 3 is 0.986 bits per heavy atom. The third-order valence-corrected chi connectivity index (χ3v) is 35.8. The summed E-state index contributed by atoms with van der Waals surface area (Å²) in [5.41, 5.74) is 5.45. The average Bonchev–Trinajstić information content (AvgIpc) is 1.24. The van der Waals surface area contributed by atoms with E-state index >= 15 is 0 Å². The van der Waals surface area contributed by atoms with E-state index < -0.39 is 80.7 Å². The number of imide groups is 1. The number of ether oxygens (including phenoxy) is 8. The molecule has 0 aromatic rings. The van der Waals surface area contributed by atoms with Crippen LogP contribution >= 0.6 is 23.7 Å². The fourth-order valence-electron chi connectivity index (χ4n) is 26.0. The number of carbonyl (C=O) groups excluding carboxylic acids is 11. The van der Waals surface area contributed by atoms with Crippen LogP contribution in [0.4, 0.5) is 3.89 Å². The minimum atomic E-state index is -1.70. The van der Waals surface area contributed by atoms with Crippen LogP contribution in [0.25, 0.3) is 0 Å². The summed E-state index contributed by atoms with van der Waals surface area (Å²) in [6.45, 7) is 36.9. The summed E-state index contributed by atoms with van der Waals surface area (Å²) in [4.78, 5) is 130. The molecule has 8 aliphatic heterocycles. The second kappa shape index (κ2) is 52.3. The maximum atomic E-state index is 12.5. The number of allylic oxidation sites excluding steroid dienone is 8. The Balaban J connectivity index is 0.000000201. The second-order valence-electron chi connectivity index (χ2n) is 40.5. The van der Waals surface area contributed by atoms with Gasteiger partial charge in [-0.3, -0.25) is 71.9 Å². The second-order valence-corrected chi connectivity index (χ2v) is 44.6. The maximum absolute atomic E-state index is 12.5. The van der Waals surface area contributed by atoms with Crippen LogP contribution in [0, 0.1) is 90.7 Å². The van der Waals surface area contributed by atoms with Crippen LogP contribution in [0.1, 0.15) is 184 Å². The molecule has 16 aliphatic rings. The van der Waals surface area contributed by atoms with Crippen LogP contribution in [0.2, 0.25) is 0 Å². The van der Waals surface area contributed by atoms with Crippen LogP contribution in [-0.4, -0.2) is 250 Å². The molecule has 8 aliphatic carbocycles. The molecule has 0 radical (unpaired) electrons. The van der Waals surface area contributed by atoms with Crippen molar-refractivity contribution in [3.8, 4) is 0 Å². The van der Waals surface area contributed by atoms with E-state index in [0.717, 1.165) is 113 Å². The molecule has 8 heterocycles. The molecule has 0 aromatic heterocycles. The third-order valence-electron chi connectivity index (χ3n) is 32.9. The van der Waals surface area contributed by atoms with Crippen LogP contribution in [-0.2, 0) is 174 Å². The van der Waals surface area contributed by atoms with Gasteiger partial charge in [-0.2, -0.15) is 20.7 Å². The van der Waals surface area contributed by atoms with Gasteiger partial charge in [0.25, 0.3) is 12.4 Å². The molecule has 0 bridgehead atoms. The van der Waals surface area contributed by atoms with Crippen molar-refractivity contribution in [3.63, 3.8) is 0 Å². The minimum absolute atomic E-state index is 0. The van der Waals surface area contributed by atoms with Crippen LogP contribution < -0.4 is 50.8 Å². The normalized spacial score (nSPS) is 39.4. The Morgan fingerprint density at radius 1 is 0.454 bits per heavy atom. The van der Waals surface area contributed by atoms with Gasteiger partial charge in [0, 0.05) is 68.5 Å². The molecule has 45 heteroatoms. The Labute approximate surface area is 866 Å². The van der Waals surface area contributed by atoms with Gasteiger partial charge in [-0.15, -0.1) is 0 Å². The van der Waals surface area contributed by atoms with E-state index in [1.54, 1.807) is 0 Å². The van der Waals surface area contributed by atoms with Crippen molar-refractivity contribution in [2.24, 2.45) is 90.7 Å². The van der Waals surface area contributed by atoms with E-state index in [9.17, 15) is 68.7 Å². The molecule has 0 aromatic carbocycles. The molecular weight excluding hydrogens is 1970 g/mol. The van der Waals surface area contributed by atoms with Crippen molar-refractivity contribution in [1.82, 2.24) is 20.9 Å². The molecule has 28 atom stereocenters. The summed E-state index contributed by atoms with van der Waals surface area (Å²) in [5, 5.41) is 16.2. The molecule has 5 amide bonds. The van der Waals surface area contributed by atoms with Crippen molar-refractivity contribution in [3.05, 3.63) is 95.2 Å². The predicted octanol–water partition coefficient (Wildman–Crippen LogP) is 6.42. The largest absolute Gasteiger partial charge is 1.00 e. The summed E-state index contributed by atoms with van der Waals surface area (Å²) in [6, 6.07) is -2.08. The van der Waals surface area contributed by atoms with Crippen molar-refractivity contribution in [2.45, 2.75) is 232 Å². The average molecular weight is 2110 g/mol. The smallest absolute Gasteiger partial charge is 0.662 e. The molecule has 37 nitrogen and oxygen atoms in total. The Hall–Kier alpha value is -5.86. The SMILES string of the molecule is C=C1CC[C@@H]2[C@]3(C)COS(=O)O[C@@H]3CC[C@@]2(C)[C@@H]1C/C=C1/C(=O)OCC1N(C=O)C(=O)COC.C=C1CC[C@@H]2[C@]3(C)COS(=O)O[C@@H]3CC[C@@]2(C)[C@@H]1C/C=C1/C(=O)OCC1NC(=O)COC.C=C1CC[C@@H]2[C@]3(C)COS(=O)O[C@@H]3CC[C@@]2(C)[C@@H]1C/C=C1/C(=O)OCC1NC(=O)COC.C=C1CC[C@@H]2[C@]3(C)COS(=O)O[C@@H]3CC[C@@]2(C)[C@@H]1C/C=C1/C(=O)OCC1NC=O.COCC(=O)Cl.CSF.O=CO[O-].[Na+]. The number of fused-ring (bicyclic) bond motifs is 12. The number of nitrogens with one attached hydrogen (secondary N) is 3. The van der Waals surface area contributed by atoms with Crippen LogP contribution in [0.15, 0.2) is 95.2 Å². The van der Waals surface area contributed by atoms with Gasteiger partial charge in [-0.25, -0.2) is 19.2 Å². The van der Waals surface area contributed by atoms with E-state index in [-0.39, 0.29) is 234 Å². The zero-order valence-electron chi connectivity index (χ0n) is 83.0. The summed E-state index contributed by atoms with van der Waals surface area (Å²) < 4.78 is 141. The third kappa shape index (κ3) is 26.7. The number of rotatable bonds is 23. The zero-order valence-corrected chi connectivity index (χ0v) is 89.8. The predicted molar refractivity (Wildman–Crippen MR) is 507 cm³/mol. The molecule has 16 rings (SSSR count). The molecule has 8 unspecified atom stereocenters. The van der Waals surface area contributed by atoms with Gasteiger partial charge in [-0.1, -0.05) is 128 Å². The Bertz CT molecular complexity index is 4680. The van der Waals surface area contributed by atoms with Gasteiger partial charge >= 0.3 is 98.9 Å². The fraction of sp³-hybridized carbons (Fsp3) is 0.719. The first-order chi connectivity index (χ1) is 66.4. The number of esters is 4. The first-order valence-corrected chi connectivity index (χ1v) is 52.6. The van der Waals surface area contributed by atoms with Gasteiger partial charge in [0.1, 0.15) is 58.9 Å². The maximum Gasteiger partial charge on any atom is 1.00 e. The molecule has 784 valence electrons. The number of amides is 5. The molecule has 3 N–H and O–H groups in total. The monoisotopic (exact) mass is 2110 g/mol. The molecule has 141 heavy (non-hydrogen) atoms. The number of nitrogens with zero attached hydrogens (tertiary/aromatic N) is 1. The summed E-state index contributed by atoms with van der Waals surface area (Å²) >= 11 is -1.62. The number of methoxy groups -OCH3 is 4. The summed E-state index contributed by atoms with van der Waals surface area (Å²) in [6.07, 6.45) is 26.6. The standard InChI is InChI=1S/C24H33NO8S.2C23H33NO7S.C21H29NO6S.C3H5ClO2.CH3FS.CH2O3.Na/c1-15-5-8-19-23(2,10-9-20-24(19,3)13-32-34(29)33-20)17(15)7-6-16-18(11-31-22(16)28)25(14-26)21(27)12-30-4;2*1-14-5-8-18-22(2,10-9-19-23(18,3)13-30-32(27)31-19)16(14)7-6-15-17(11-29-21(15)26)24-20(25)12-28-4;1-13-4-7-17-20(2,9-8-18-21(17,3)11-27-29(25)28-18)15(13)6-5-14-16(22-12-23)10-26-19(14)24;1-6-2-3(4)5;1-3-2;2-1-4-3;/h6,14,17-20H,1,5,7-13H2,2-4H3;2*6,16-19H,1,5,7-13H2,2-4H3,(H,24,25);5,12,15-18H,1,4,6-11H2,2-3H3,(H,22,23);2H2,1H3;1H3;1,3H;/q;;;;;;;+1/p-1/b16-6+;2*15-6+;14-5+;;;;/t17-,18?,19+,20-,23+,24+,34?;2*16-,17?,18+,19-,22+,23+,32?;15-,16?,17+,18-,20+,21+,29?;;;;/m1111..../s1. The van der Waals surface area contributed by atoms with Crippen molar-refractivity contribution < 1.29 is 185 Å². The first-order valence-electron chi connectivity index (χ1n) is 47.1. The van der Waals surface area contributed by atoms with Gasteiger partial charge in [0.05, 0.1) is 91.3 Å². The topological polar surface area (TPSA) is 475 Å². The number of halogens is 2. The van der Waals surface area contributed by atoms with Gasteiger partial charge in [0.15, 0.2) is 0 Å². The molecule has 8 saturated carbocycles. The summed E-state index contributed by atoms with van der Waals surface area (Å²) in [7, 11) is 5.69.